The first kappa shape index (κ1) is 15.6. The van der Waals surface area contributed by atoms with Crippen molar-refractivity contribution in [1.82, 2.24) is 4.98 Å². The van der Waals surface area contributed by atoms with Crippen molar-refractivity contribution in [3.05, 3.63) is 29.5 Å². The fraction of sp³-hybridized carbons (Fsp3) is 0.412. The molecule has 3 rings (SSSR count). The molecule has 0 unspecified atom stereocenters. The number of carbonyl (C=O) groups is 1. The Balaban J connectivity index is 2.03. The summed E-state index contributed by atoms with van der Waals surface area (Å²) < 4.78 is 6.10. The van der Waals surface area contributed by atoms with E-state index in [0.717, 1.165) is 25.7 Å². The van der Waals surface area contributed by atoms with Crippen LogP contribution in [0.2, 0.25) is 0 Å². The van der Waals surface area contributed by atoms with E-state index >= 15 is 0 Å². The first-order valence-electron chi connectivity index (χ1n) is 7.81. The molecule has 1 heterocycles. The summed E-state index contributed by atoms with van der Waals surface area (Å²) in [5, 5.41) is 9.95. The van der Waals surface area contributed by atoms with Crippen LogP contribution in [0.15, 0.2) is 18.2 Å². The number of rotatable bonds is 3. The van der Waals surface area contributed by atoms with Crippen LogP contribution in [0.1, 0.15) is 41.7 Å². The number of nitrogens with two attached hydrogens (primary N) is 2. The molecule has 0 saturated heterocycles. The second kappa shape index (κ2) is 6.04. The maximum absolute atomic E-state index is 11.4. The molecule has 0 aliphatic heterocycles. The van der Waals surface area contributed by atoms with Gasteiger partial charge in [0.1, 0.15) is 11.3 Å². The molecule has 1 fully saturated rings. The van der Waals surface area contributed by atoms with Crippen LogP contribution in [0.4, 0.5) is 5.69 Å². The average Bonchev–Trinajstić information content (AvgIpc) is 2.49. The minimum Gasteiger partial charge on any atom is -0.490 e. The summed E-state index contributed by atoms with van der Waals surface area (Å²) in [4.78, 5) is 15.8. The van der Waals surface area contributed by atoms with Crippen LogP contribution < -0.4 is 16.2 Å². The lowest BCUT2D eigenvalue weighted by molar-refractivity contribution is 0.0697. The maximum atomic E-state index is 11.4. The lowest BCUT2D eigenvalue weighted by atomic mass is 9.93. The number of aryl methyl sites for hydroxylation is 1. The maximum Gasteiger partial charge on any atom is 0.339 e. The molecule has 1 aliphatic rings. The Kier molecular flexibility index (Phi) is 4.09. The second-order valence-electron chi connectivity index (χ2n) is 6.10. The number of benzene rings is 1. The first-order valence-corrected chi connectivity index (χ1v) is 7.81. The molecule has 122 valence electrons. The summed E-state index contributed by atoms with van der Waals surface area (Å²) >= 11 is 0. The van der Waals surface area contributed by atoms with Crippen LogP contribution in [-0.2, 0) is 0 Å². The molecular formula is C17H21N3O3. The molecule has 5 N–H and O–H groups in total. The van der Waals surface area contributed by atoms with Crippen molar-refractivity contribution in [1.29, 1.82) is 0 Å². The van der Waals surface area contributed by atoms with Crippen molar-refractivity contribution in [3.8, 4) is 5.75 Å². The molecule has 1 saturated carbocycles. The van der Waals surface area contributed by atoms with Crippen molar-refractivity contribution < 1.29 is 14.6 Å². The lowest BCUT2D eigenvalue weighted by Crippen LogP contribution is -2.31. The topological polar surface area (TPSA) is 111 Å². The van der Waals surface area contributed by atoms with Crippen LogP contribution in [-0.4, -0.2) is 28.2 Å². The third-order valence-corrected chi connectivity index (χ3v) is 4.42. The highest BCUT2D eigenvalue weighted by atomic mass is 16.5. The number of pyridine rings is 1. The number of carboxylic acids is 1. The van der Waals surface area contributed by atoms with Gasteiger partial charge in [-0.05, 0) is 44.7 Å². The molecule has 1 aliphatic carbocycles. The van der Waals surface area contributed by atoms with Crippen molar-refractivity contribution in [2.75, 3.05) is 5.73 Å². The molecular weight excluding hydrogens is 294 g/mol. The summed E-state index contributed by atoms with van der Waals surface area (Å²) in [6.07, 6.45) is 3.73. The number of aromatic nitrogens is 1. The zero-order chi connectivity index (χ0) is 16.6. The highest BCUT2D eigenvalue weighted by molar-refractivity contribution is 6.06. The smallest absolute Gasteiger partial charge is 0.339 e. The number of anilines is 1. The molecule has 2 aromatic rings. The molecule has 23 heavy (non-hydrogen) atoms. The summed E-state index contributed by atoms with van der Waals surface area (Å²) in [7, 11) is 0. The van der Waals surface area contributed by atoms with Gasteiger partial charge in [-0.1, -0.05) is 6.07 Å². The molecule has 1 aromatic heterocycles. The molecule has 6 heteroatoms. The van der Waals surface area contributed by atoms with Crippen molar-refractivity contribution >= 4 is 22.6 Å². The molecule has 6 nitrogen and oxygen atoms in total. The zero-order valence-corrected chi connectivity index (χ0v) is 13.1. The van der Waals surface area contributed by atoms with E-state index in [1.54, 1.807) is 6.92 Å². The van der Waals surface area contributed by atoms with Crippen LogP contribution in [0.3, 0.4) is 0 Å². The molecule has 0 spiro atoms. The van der Waals surface area contributed by atoms with Crippen LogP contribution in [0.5, 0.6) is 5.75 Å². The van der Waals surface area contributed by atoms with Gasteiger partial charge in [-0.15, -0.1) is 0 Å². The summed E-state index contributed by atoms with van der Waals surface area (Å²) in [5.41, 5.74) is 13.4. The van der Waals surface area contributed by atoms with Gasteiger partial charge in [0.2, 0.25) is 0 Å². The lowest BCUT2D eigenvalue weighted by Gasteiger charge is -2.27. The Morgan fingerprint density at radius 3 is 2.65 bits per heavy atom. The Hall–Kier alpha value is -2.34. The number of fused-ring (bicyclic) bond motifs is 1. The summed E-state index contributed by atoms with van der Waals surface area (Å²) in [5.74, 6) is -0.483. The van der Waals surface area contributed by atoms with Crippen LogP contribution in [0.25, 0.3) is 10.9 Å². The van der Waals surface area contributed by atoms with Gasteiger partial charge in [-0.3, -0.25) is 4.98 Å². The van der Waals surface area contributed by atoms with Crippen molar-refractivity contribution in [2.45, 2.75) is 44.8 Å². The third-order valence-electron chi connectivity index (χ3n) is 4.42. The third kappa shape index (κ3) is 2.94. The van der Waals surface area contributed by atoms with Crippen molar-refractivity contribution in [2.24, 2.45) is 5.73 Å². The Morgan fingerprint density at radius 1 is 1.30 bits per heavy atom. The van der Waals surface area contributed by atoms with Gasteiger partial charge >= 0.3 is 5.97 Å². The van der Waals surface area contributed by atoms with Gasteiger partial charge in [-0.25, -0.2) is 4.79 Å². The van der Waals surface area contributed by atoms with E-state index in [2.05, 4.69) is 4.98 Å². The highest BCUT2D eigenvalue weighted by Crippen LogP contribution is 2.35. The van der Waals surface area contributed by atoms with Gasteiger partial charge in [0.15, 0.2) is 0 Å². The minimum absolute atomic E-state index is 0.0409. The van der Waals surface area contributed by atoms with Gasteiger partial charge in [0, 0.05) is 6.04 Å². The Labute approximate surface area is 134 Å². The number of carboxylic acid groups (broad SMARTS) is 1. The number of hydrogen-bond donors (Lipinski definition) is 3. The van der Waals surface area contributed by atoms with Gasteiger partial charge in [0.05, 0.1) is 28.4 Å². The summed E-state index contributed by atoms with van der Waals surface area (Å²) in [6, 6.07) is 5.72. The predicted molar refractivity (Wildman–Crippen MR) is 88.7 cm³/mol. The van der Waals surface area contributed by atoms with Gasteiger partial charge in [0.25, 0.3) is 0 Å². The van der Waals surface area contributed by atoms with E-state index in [4.69, 9.17) is 16.2 Å². The van der Waals surface area contributed by atoms with Gasteiger partial charge in [-0.2, -0.15) is 0 Å². The first-order chi connectivity index (χ1) is 11.0. The normalized spacial score (nSPS) is 21.3. The number of ether oxygens (including phenoxy) is 1. The molecule has 0 amide bonds. The monoisotopic (exact) mass is 315 g/mol. The fourth-order valence-electron chi connectivity index (χ4n) is 3.19. The average molecular weight is 315 g/mol. The molecule has 0 radical (unpaired) electrons. The second-order valence-corrected chi connectivity index (χ2v) is 6.10. The quantitative estimate of drug-likeness (QED) is 0.802. The predicted octanol–water partition coefficient (Wildman–Crippen LogP) is 2.47. The highest BCUT2D eigenvalue weighted by Gasteiger charge is 2.23. The summed E-state index contributed by atoms with van der Waals surface area (Å²) in [6.45, 7) is 1.65. The van der Waals surface area contributed by atoms with Gasteiger partial charge < -0.3 is 21.3 Å². The van der Waals surface area contributed by atoms with Crippen molar-refractivity contribution in [3.63, 3.8) is 0 Å². The van der Waals surface area contributed by atoms with E-state index in [1.165, 1.54) is 0 Å². The van der Waals surface area contributed by atoms with E-state index in [0.29, 0.717) is 22.3 Å². The Morgan fingerprint density at radius 2 is 2.00 bits per heavy atom. The number of hydrogen-bond acceptors (Lipinski definition) is 5. The fourth-order valence-corrected chi connectivity index (χ4v) is 3.19. The van der Waals surface area contributed by atoms with Crippen LogP contribution in [0, 0.1) is 6.92 Å². The number of nitrogen functional groups attached to an aromatic ring is 1. The minimum atomic E-state index is -1.08. The van der Waals surface area contributed by atoms with E-state index in [9.17, 15) is 9.90 Å². The largest absolute Gasteiger partial charge is 0.490 e. The molecule has 0 atom stereocenters. The zero-order valence-electron chi connectivity index (χ0n) is 13.1. The SMILES string of the molecule is Cc1nc2cccc(OC3CCC(N)CC3)c2c(N)c1C(=O)O. The number of aromatic carboxylic acids is 1. The van der Waals surface area contributed by atoms with E-state index in [-0.39, 0.29) is 23.4 Å². The van der Waals surface area contributed by atoms with E-state index < -0.39 is 5.97 Å². The van der Waals surface area contributed by atoms with Crippen LogP contribution >= 0.6 is 0 Å². The van der Waals surface area contributed by atoms with E-state index in [1.807, 2.05) is 18.2 Å². The number of nitrogens with zero attached hydrogens (tertiary/aromatic N) is 1. The Bertz CT molecular complexity index is 752. The molecule has 0 bridgehead atoms. The molecule has 1 aromatic carbocycles. The standard InChI is InChI=1S/C17H21N3O3/c1-9-14(17(21)22)16(19)15-12(20-9)3-2-4-13(15)23-11-7-5-10(18)6-8-11/h2-4,10-11H,5-8,18H2,1H3,(H2,19,20)(H,21,22).